The molecule has 0 bridgehead atoms. The lowest BCUT2D eigenvalue weighted by molar-refractivity contribution is 0.0975. The SMILES string of the molecule is CCCc1ccc(C(=O)CCCc2ccc(CC)cc2)c(F)c1F. The van der Waals surface area contributed by atoms with E-state index in [0.29, 0.717) is 18.4 Å². The van der Waals surface area contributed by atoms with Crippen LogP contribution in [0.1, 0.15) is 60.2 Å². The summed E-state index contributed by atoms with van der Waals surface area (Å²) in [5, 5.41) is 0. The average molecular weight is 330 g/mol. The minimum atomic E-state index is -1.00. The lowest BCUT2D eigenvalue weighted by Crippen LogP contribution is -2.07. The maximum atomic E-state index is 14.1. The highest BCUT2D eigenvalue weighted by Gasteiger charge is 2.17. The molecule has 0 saturated heterocycles. The summed E-state index contributed by atoms with van der Waals surface area (Å²) in [5.74, 6) is -2.21. The molecule has 3 heteroatoms. The van der Waals surface area contributed by atoms with Gasteiger partial charge in [-0.25, -0.2) is 8.78 Å². The van der Waals surface area contributed by atoms with Crippen molar-refractivity contribution in [3.8, 4) is 0 Å². The predicted molar refractivity (Wildman–Crippen MR) is 93.4 cm³/mol. The molecule has 2 aromatic carbocycles. The number of rotatable bonds is 8. The first-order valence-corrected chi connectivity index (χ1v) is 8.64. The van der Waals surface area contributed by atoms with Crippen molar-refractivity contribution in [3.05, 3.63) is 70.3 Å². The number of carbonyl (C=O) groups is 1. The summed E-state index contributed by atoms with van der Waals surface area (Å²) in [6.45, 7) is 4.01. The fourth-order valence-corrected chi connectivity index (χ4v) is 2.80. The third-order valence-electron chi connectivity index (χ3n) is 4.28. The summed E-state index contributed by atoms with van der Waals surface area (Å²) < 4.78 is 28.0. The van der Waals surface area contributed by atoms with Crippen LogP contribution in [0, 0.1) is 11.6 Å². The maximum Gasteiger partial charge on any atom is 0.169 e. The van der Waals surface area contributed by atoms with E-state index >= 15 is 0 Å². The highest BCUT2D eigenvalue weighted by atomic mass is 19.2. The molecular formula is C21H24F2O. The summed E-state index contributed by atoms with van der Waals surface area (Å²) in [6.07, 6.45) is 3.82. The quantitative estimate of drug-likeness (QED) is 0.569. The van der Waals surface area contributed by atoms with Crippen molar-refractivity contribution in [2.45, 2.75) is 52.4 Å². The average Bonchev–Trinajstić information content (AvgIpc) is 2.60. The normalized spacial score (nSPS) is 10.8. The van der Waals surface area contributed by atoms with Crippen LogP contribution in [0.15, 0.2) is 36.4 Å². The van der Waals surface area contributed by atoms with E-state index < -0.39 is 11.6 Å². The Morgan fingerprint density at radius 3 is 2.17 bits per heavy atom. The number of ketones is 1. The molecule has 0 heterocycles. The topological polar surface area (TPSA) is 17.1 Å². The van der Waals surface area contributed by atoms with Gasteiger partial charge in [0.25, 0.3) is 0 Å². The van der Waals surface area contributed by atoms with Gasteiger partial charge in [-0.15, -0.1) is 0 Å². The molecule has 0 amide bonds. The summed E-state index contributed by atoms with van der Waals surface area (Å²) in [6, 6.07) is 11.2. The van der Waals surface area contributed by atoms with E-state index in [2.05, 4.69) is 31.2 Å². The van der Waals surface area contributed by atoms with Gasteiger partial charge in [-0.3, -0.25) is 4.79 Å². The first kappa shape index (κ1) is 18.3. The van der Waals surface area contributed by atoms with Gasteiger partial charge in [-0.05, 0) is 48.4 Å². The molecule has 0 unspecified atom stereocenters. The predicted octanol–water partition coefficient (Wildman–Crippen LogP) is 5.69. The Labute approximate surface area is 142 Å². The molecule has 0 atom stereocenters. The van der Waals surface area contributed by atoms with Crippen LogP contribution in [-0.4, -0.2) is 5.78 Å². The van der Waals surface area contributed by atoms with Gasteiger partial charge in [0, 0.05) is 6.42 Å². The third-order valence-corrected chi connectivity index (χ3v) is 4.28. The zero-order valence-corrected chi connectivity index (χ0v) is 14.4. The zero-order chi connectivity index (χ0) is 17.5. The molecule has 0 spiro atoms. The summed E-state index contributed by atoms with van der Waals surface area (Å²) in [4.78, 5) is 12.2. The molecule has 2 aromatic rings. The van der Waals surface area contributed by atoms with Crippen LogP contribution in [0.4, 0.5) is 8.78 Å². The van der Waals surface area contributed by atoms with Crippen molar-refractivity contribution < 1.29 is 13.6 Å². The Hall–Kier alpha value is -2.03. The Balaban J connectivity index is 1.95. The van der Waals surface area contributed by atoms with Gasteiger partial charge in [0.05, 0.1) is 5.56 Å². The van der Waals surface area contributed by atoms with Gasteiger partial charge in [-0.2, -0.15) is 0 Å². The van der Waals surface area contributed by atoms with Gasteiger partial charge in [-0.1, -0.05) is 50.6 Å². The van der Waals surface area contributed by atoms with E-state index in [9.17, 15) is 13.6 Å². The third kappa shape index (κ3) is 4.50. The molecule has 1 nitrogen and oxygen atoms in total. The van der Waals surface area contributed by atoms with Gasteiger partial charge in [0.15, 0.2) is 17.4 Å². The molecule has 0 aliphatic rings. The Morgan fingerprint density at radius 1 is 0.875 bits per heavy atom. The number of carbonyl (C=O) groups excluding carboxylic acids is 1. The Morgan fingerprint density at radius 2 is 1.54 bits per heavy atom. The summed E-state index contributed by atoms with van der Waals surface area (Å²) >= 11 is 0. The second-order valence-electron chi connectivity index (χ2n) is 6.10. The van der Waals surface area contributed by atoms with E-state index in [1.165, 1.54) is 17.7 Å². The van der Waals surface area contributed by atoms with Crippen LogP contribution < -0.4 is 0 Å². The highest BCUT2D eigenvalue weighted by molar-refractivity contribution is 5.96. The van der Waals surface area contributed by atoms with E-state index in [1.807, 2.05) is 6.92 Å². The van der Waals surface area contributed by atoms with E-state index in [-0.39, 0.29) is 17.8 Å². The molecule has 0 radical (unpaired) electrons. The largest absolute Gasteiger partial charge is 0.294 e. The van der Waals surface area contributed by atoms with Crippen molar-refractivity contribution in [1.29, 1.82) is 0 Å². The van der Waals surface area contributed by atoms with Crippen LogP contribution in [0.5, 0.6) is 0 Å². The fourth-order valence-electron chi connectivity index (χ4n) is 2.80. The van der Waals surface area contributed by atoms with Crippen molar-refractivity contribution in [1.82, 2.24) is 0 Å². The number of benzene rings is 2. The molecule has 0 aliphatic heterocycles. The van der Waals surface area contributed by atoms with Crippen LogP contribution in [0.2, 0.25) is 0 Å². The molecule has 2 rings (SSSR count). The van der Waals surface area contributed by atoms with E-state index in [4.69, 9.17) is 0 Å². The fraction of sp³-hybridized carbons (Fsp3) is 0.381. The minimum Gasteiger partial charge on any atom is -0.294 e. The standard InChI is InChI=1S/C21H24F2O/c1-3-6-17-13-14-18(21(23)20(17)22)19(24)8-5-7-16-11-9-15(4-2)10-12-16/h9-14H,3-8H2,1-2H3. The van der Waals surface area contributed by atoms with Gasteiger partial charge >= 0.3 is 0 Å². The van der Waals surface area contributed by atoms with Crippen molar-refractivity contribution in [2.24, 2.45) is 0 Å². The number of hydrogen-bond donors (Lipinski definition) is 0. The van der Waals surface area contributed by atoms with E-state index in [0.717, 1.165) is 24.8 Å². The number of hydrogen-bond acceptors (Lipinski definition) is 1. The maximum absolute atomic E-state index is 14.1. The monoisotopic (exact) mass is 330 g/mol. The number of Topliss-reactive ketones (excluding diaryl/α,β-unsaturated/α-hetero) is 1. The molecule has 0 aliphatic carbocycles. The molecule has 0 saturated carbocycles. The summed E-state index contributed by atoms with van der Waals surface area (Å²) in [7, 11) is 0. The van der Waals surface area contributed by atoms with Crippen LogP contribution >= 0.6 is 0 Å². The van der Waals surface area contributed by atoms with Crippen molar-refractivity contribution in [2.75, 3.05) is 0 Å². The highest BCUT2D eigenvalue weighted by Crippen LogP contribution is 2.20. The molecular weight excluding hydrogens is 306 g/mol. The Kier molecular flexibility index (Phi) is 6.65. The molecule has 0 N–H and O–H groups in total. The lowest BCUT2D eigenvalue weighted by atomic mass is 9.99. The summed E-state index contributed by atoms with van der Waals surface area (Å²) in [5.41, 5.74) is 2.64. The zero-order valence-electron chi connectivity index (χ0n) is 14.4. The second kappa shape index (κ2) is 8.72. The van der Waals surface area contributed by atoms with Crippen molar-refractivity contribution in [3.63, 3.8) is 0 Å². The van der Waals surface area contributed by atoms with Crippen LogP contribution in [0.25, 0.3) is 0 Å². The first-order chi connectivity index (χ1) is 11.6. The first-order valence-electron chi connectivity index (χ1n) is 8.64. The second-order valence-corrected chi connectivity index (χ2v) is 6.10. The van der Waals surface area contributed by atoms with Gasteiger partial charge in [0.2, 0.25) is 0 Å². The van der Waals surface area contributed by atoms with Crippen LogP contribution in [0.3, 0.4) is 0 Å². The number of aryl methyl sites for hydroxylation is 3. The smallest absolute Gasteiger partial charge is 0.169 e. The number of halogens is 2. The lowest BCUT2D eigenvalue weighted by Gasteiger charge is -2.08. The van der Waals surface area contributed by atoms with Crippen LogP contribution in [-0.2, 0) is 19.3 Å². The van der Waals surface area contributed by atoms with Crippen molar-refractivity contribution >= 4 is 5.78 Å². The minimum absolute atomic E-state index is 0.131. The molecule has 0 aromatic heterocycles. The van der Waals surface area contributed by atoms with Gasteiger partial charge in [0.1, 0.15) is 0 Å². The van der Waals surface area contributed by atoms with E-state index in [1.54, 1.807) is 0 Å². The molecule has 24 heavy (non-hydrogen) atoms. The van der Waals surface area contributed by atoms with Gasteiger partial charge < -0.3 is 0 Å². The molecule has 128 valence electrons. The molecule has 0 fully saturated rings. The Bertz CT molecular complexity index is 690.